The van der Waals surface area contributed by atoms with E-state index in [9.17, 15) is 10.4 Å². The third kappa shape index (κ3) is 3.56. The molecule has 3 rings (SSSR count). The number of aliphatic hydroxyl groups excluding tert-OH is 1. The van der Waals surface area contributed by atoms with Crippen molar-refractivity contribution in [3.63, 3.8) is 0 Å². The molecule has 0 saturated carbocycles. The van der Waals surface area contributed by atoms with Crippen LogP contribution in [-0.2, 0) is 0 Å². The van der Waals surface area contributed by atoms with E-state index in [1.54, 1.807) is 44.2 Å². The Morgan fingerprint density at radius 2 is 2.15 bits per heavy atom. The van der Waals surface area contributed by atoms with E-state index in [1.165, 1.54) is 6.20 Å². The Labute approximate surface area is 161 Å². The third-order valence-corrected chi connectivity index (χ3v) is 4.60. The Morgan fingerprint density at radius 3 is 2.81 bits per heavy atom. The second kappa shape index (κ2) is 7.24. The van der Waals surface area contributed by atoms with E-state index in [1.807, 2.05) is 6.19 Å². The fraction of sp³-hybridized carbons (Fsp3) is 0.263. The molecule has 0 spiro atoms. The number of rotatable bonds is 2. The lowest BCUT2D eigenvalue weighted by molar-refractivity contribution is -0.0566. The van der Waals surface area contributed by atoms with Crippen LogP contribution < -0.4 is 10.1 Å². The normalized spacial score (nSPS) is 20.6. The number of nitrogens with one attached hydrogen (secondary N) is 1. The maximum absolute atomic E-state index is 10.9. The number of aliphatic hydroxyl groups is 1. The van der Waals surface area contributed by atoms with Gasteiger partial charge in [0.1, 0.15) is 34.5 Å². The zero-order valence-corrected chi connectivity index (χ0v) is 15.4. The van der Waals surface area contributed by atoms with Gasteiger partial charge in [-0.05, 0) is 44.2 Å². The number of halogens is 1. The van der Waals surface area contributed by atoms with Gasteiger partial charge in [-0.1, -0.05) is 11.6 Å². The fourth-order valence-electron chi connectivity index (χ4n) is 2.90. The molecule has 0 amide bonds. The van der Waals surface area contributed by atoms with E-state index in [2.05, 4.69) is 21.4 Å². The fourth-order valence-corrected chi connectivity index (χ4v) is 3.11. The minimum absolute atomic E-state index is 0.172. The van der Waals surface area contributed by atoms with E-state index < -0.39 is 17.7 Å². The first-order valence-corrected chi connectivity index (χ1v) is 8.50. The molecule has 0 aliphatic carbocycles. The van der Waals surface area contributed by atoms with Crippen LogP contribution in [0.15, 0.2) is 41.5 Å². The summed E-state index contributed by atoms with van der Waals surface area (Å²) in [6.45, 7) is 3.49. The highest BCUT2D eigenvalue weighted by molar-refractivity contribution is 6.33. The van der Waals surface area contributed by atoms with Crippen molar-refractivity contribution in [3.8, 4) is 18.0 Å². The summed E-state index contributed by atoms with van der Waals surface area (Å²) in [6, 6.07) is 9.57. The van der Waals surface area contributed by atoms with E-state index >= 15 is 0 Å². The second-order valence-corrected chi connectivity index (χ2v) is 6.87. The summed E-state index contributed by atoms with van der Waals surface area (Å²) in [5.41, 5.74) is 0.471. The van der Waals surface area contributed by atoms with Crippen LogP contribution in [0.25, 0.3) is 0 Å². The van der Waals surface area contributed by atoms with Crippen molar-refractivity contribution in [3.05, 3.63) is 58.4 Å². The van der Waals surface area contributed by atoms with Crippen molar-refractivity contribution < 1.29 is 9.84 Å². The Balaban J connectivity index is 2.18. The number of nitrogens with zero attached hydrogens (tertiary/aromatic N) is 4. The van der Waals surface area contributed by atoms with Crippen molar-refractivity contribution >= 4 is 17.4 Å². The number of aliphatic imine (C=N–C) groups is 1. The molecule has 2 aromatic rings. The van der Waals surface area contributed by atoms with Crippen LogP contribution in [0.2, 0.25) is 5.15 Å². The summed E-state index contributed by atoms with van der Waals surface area (Å²) in [4.78, 5) is 8.57. The Bertz CT molecular complexity index is 990. The van der Waals surface area contributed by atoms with E-state index in [4.69, 9.17) is 21.6 Å². The van der Waals surface area contributed by atoms with Gasteiger partial charge in [-0.3, -0.25) is 10.3 Å². The molecule has 0 fully saturated rings. The van der Waals surface area contributed by atoms with Gasteiger partial charge in [-0.15, -0.1) is 0 Å². The van der Waals surface area contributed by atoms with Crippen LogP contribution in [0.4, 0.5) is 0 Å². The van der Waals surface area contributed by atoms with Crippen LogP contribution in [0, 0.1) is 22.8 Å². The van der Waals surface area contributed by atoms with Crippen LogP contribution >= 0.6 is 11.6 Å². The number of amidine groups is 1. The van der Waals surface area contributed by atoms with Crippen LogP contribution in [-0.4, -0.2) is 27.6 Å². The maximum atomic E-state index is 10.9. The maximum Gasteiger partial charge on any atom is 0.182 e. The number of hydrogen-bond donors (Lipinski definition) is 2. The molecule has 136 valence electrons. The van der Waals surface area contributed by atoms with Crippen molar-refractivity contribution in [1.29, 1.82) is 10.5 Å². The van der Waals surface area contributed by atoms with Crippen molar-refractivity contribution in [2.75, 3.05) is 0 Å². The molecular weight excluding hydrogens is 366 g/mol. The predicted octanol–water partition coefficient (Wildman–Crippen LogP) is 2.70. The van der Waals surface area contributed by atoms with Gasteiger partial charge in [-0.25, -0.2) is 4.98 Å². The highest BCUT2D eigenvalue weighted by Gasteiger charge is 2.43. The molecule has 0 bridgehead atoms. The minimum Gasteiger partial charge on any atom is -0.485 e. The van der Waals surface area contributed by atoms with Crippen molar-refractivity contribution in [2.24, 2.45) is 4.99 Å². The van der Waals surface area contributed by atoms with Gasteiger partial charge in [0.2, 0.25) is 0 Å². The highest BCUT2D eigenvalue weighted by Crippen LogP contribution is 2.42. The quantitative estimate of drug-likeness (QED) is 0.272. The summed E-state index contributed by atoms with van der Waals surface area (Å²) in [7, 11) is 0. The van der Waals surface area contributed by atoms with Crippen molar-refractivity contribution in [2.45, 2.75) is 31.6 Å². The first-order chi connectivity index (χ1) is 12.9. The predicted molar refractivity (Wildman–Crippen MR) is 99.1 cm³/mol. The second-order valence-electron chi connectivity index (χ2n) is 6.52. The lowest BCUT2D eigenvalue weighted by Gasteiger charge is -2.40. The summed E-state index contributed by atoms with van der Waals surface area (Å²) in [5.74, 6) is 0.692. The average Bonchev–Trinajstić information content (AvgIpc) is 2.64. The Morgan fingerprint density at radius 1 is 1.37 bits per heavy atom. The van der Waals surface area contributed by atoms with Gasteiger partial charge in [0.25, 0.3) is 0 Å². The number of benzene rings is 1. The summed E-state index contributed by atoms with van der Waals surface area (Å²) < 4.78 is 5.88. The summed E-state index contributed by atoms with van der Waals surface area (Å²) in [6.07, 6.45) is 2.33. The van der Waals surface area contributed by atoms with Gasteiger partial charge in [0, 0.05) is 11.8 Å². The molecule has 0 radical (unpaired) electrons. The number of nitriles is 2. The summed E-state index contributed by atoms with van der Waals surface area (Å²) in [5, 5.41) is 31.9. The number of fused-ring (bicyclic) bond motifs is 1. The Hall–Kier alpha value is -3.13. The Kier molecular flexibility index (Phi) is 5.00. The van der Waals surface area contributed by atoms with E-state index in [-0.39, 0.29) is 11.0 Å². The zero-order chi connectivity index (χ0) is 19.6. The van der Waals surface area contributed by atoms with Gasteiger partial charge in [-0.2, -0.15) is 10.5 Å². The van der Waals surface area contributed by atoms with Gasteiger partial charge >= 0.3 is 0 Å². The molecule has 1 aliphatic rings. The molecule has 27 heavy (non-hydrogen) atoms. The molecule has 2 N–H and O–H groups in total. The standard InChI is InChI=1S/C19H16ClN5O2/c1-19(2)16(26)15(13-8-11(9-21)5-6-14(13)27-19)25-18(24-10-22)12-4-3-7-23-17(12)20/h3-8,15-16,26H,1-2H3,(H,24,25)/t15-,16+/m1/s1. The lowest BCUT2D eigenvalue weighted by atomic mass is 9.86. The summed E-state index contributed by atoms with van der Waals surface area (Å²) >= 11 is 6.14. The monoisotopic (exact) mass is 381 g/mol. The zero-order valence-electron chi connectivity index (χ0n) is 14.6. The lowest BCUT2D eigenvalue weighted by Crippen LogP contribution is -2.48. The van der Waals surface area contributed by atoms with Gasteiger partial charge in [0.05, 0.1) is 17.2 Å². The van der Waals surface area contributed by atoms with E-state index in [0.29, 0.717) is 22.4 Å². The van der Waals surface area contributed by atoms with Gasteiger partial charge in [0.15, 0.2) is 6.19 Å². The molecule has 7 nitrogen and oxygen atoms in total. The minimum atomic E-state index is -1.02. The topological polar surface area (TPSA) is 114 Å². The van der Waals surface area contributed by atoms with Gasteiger partial charge < -0.3 is 9.84 Å². The number of aromatic nitrogens is 1. The largest absolute Gasteiger partial charge is 0.485 e. The number of ether oxygens (including phenoxy) is 1. The van der Waals surface area contributed by atoms with Crippen LogP contribution in [0.1, 0.15) is 36.6 Å². The molecule has 1 aromatic carbocycles. The molecule has 1 aromatic heterocycles. The SMILES string of the molecule is CC1(C)Oc2ccc(C#N)cc2[C@@H](N=C(NC#N)c2cccnc2Cl)[C@@H]1O. The molecule has 8 heteroatoms. The van der Waals surface area contributed by atoms with Crippen LogP contribution in [0.5, 0.6) is 5.75 Å². The van der Waals surface area contributed by atoms with Crippen molar-refractivity contribution in [1.82, 2.24) is 10.3 Å². The van der Waals surface area contributed by atoms with E-state index in [0.717, 1.165) is 0 Å². The third-order valence-electron chi connectivity index (χ3n) is 4.30. The highest BCUT2D eigenvalue weighted by atomic mass is 35.5. The molecule has 2 heterocycles. The molecule has 1 aliphatic heterocycles. The molecule has 0 saturated heterocycles. The average molecular weight is 382 g/mol. The first-order valence-electron chi connectivity index (χ1n) is 8.12. The molecule has 2 atom stereocenters. The molecular formula is C19H16ClN5O2. The smallest absolute Gasteiger partial charge is 0.182 e. The number of hydrogen-bond acceptors (Lipinski definition) is 6. The number of pyridine rings is 1. The molecule has 0 unspecified atom stereocenters. The first kappa shape index (κ1) is 18.7. The van der Waals surface area contributed by atoms with Crippen LogP contribution in [0.3, 0.4) is 0 Å².